The second kappa shape index (κ2) is 15.9. The lowest BCUT2D eigenvalue weighted by Crippen LogP contribution is -2.11. The minimum absolute atomic E-state index is 0.0480. The number of aromatic hydroxyl groups is 1. The molecule has 2 aromatic carbocycles. The van der Waals surface area contributed by atoms with Crippen LogP contribution in [0.15, 0.2) is 21.3 Å². The average molecular weight is 685 g/mol. The van der Waals surface area contributed by atoms with Crippen LogP contribution in [0.25, 0.3) is 21.9 Å². The Bertz CT molecular complexity index is 1310. The van der Waals surface area contributed by atoms with Gasteiger partial charge < -0.3 is 23.7 Å². The van der Waals surface area contributed by atoms with Gasteiger partial charge in [0, 0.05) is 33.9 Å². The number of fused-ring (bicyclic) bond motifs is 2. The number of hydrogen-bond donors (Lipinski definition) is 1. The van der Waals surface area contributed by atoms with E-state index >= 15 is 0 Å². The smallest absolute Gasteiger partial charge is 0.204 e. The van der Waals surface area contributed by atoms with E-state index in [4.69, 9.17) is 18.6 Å². The highest BCUT2D eigenvalue weighted by molar-refractivity contribution is 9.09. The summed E-state index contributed by atoms with van der Waals surface area (Å²) in [5, 5.41) is 14.0. The van der Waals surface area contributed by atoms with E-state index in [2.05, 4.69) is 59.6 Å². The van der Waals surface area contributed by atoms with Gasteiger partial charge in [-0.15, -0.1) is 0 Å². The Kier molecular flexibility index (Phi) is 13.0. The number of rotatable bonds is 17. The van der Waals surface area contributed by atoms with Crippen molar-refractivity contribution < 1.29 is 23.7 Å². The number of hydrogen-bond acceptors (Lipinski definition) is 6. The number of unbranched alkanes of at least 4 members (excludes halogenated alkanes) is 2. The van der Waals surface area contributed by atoms with Crippen LogP contribution >= 0.6 is 31.9 Å². The van der Waals surface area contributed by atoms with Crippen LogP contribution in [-0.4, -0.2) is 36.1 Å². The van der Waals surface area contributed by atoms with Gasteiger partial charge in [0.2, 0.25) is 5.43 Å². The Morgan fingerprint density at radius 3 is 1.88 bits per heavy atom. The summed E-state index contributed by atoms with van der Waals surface area (Å²) in [6.07, 6.45) is 6.70. The first-order valence-corrected chi connectivity index (χ1v) is 16.7. The Labute approximate surface area is 255 Å². The van der Waals surface area contributed by atoms with Crippen molar-refractivity contribution in [2.75, 3.05) is 31.0 Å². The predicted molar refractivity (Wildman–Crippen MR) is 172 cm³/mol. The van der Waals surface area contributed by atoms with Gasteiger partial charge in [-0.05, 0) is 63.2 Å². The summed E-state index contributed by atoms with van der Waals surface area (Å²) in [4.78, 5) is 14.2. The second-order valence-electron chi connectivity index (χ2n) is 11.1. The molecule has 0 spiro atoms. The number of benzene rings is 2. The Morgan fingerprint density at radius 1 is 0.800 bits per heavy atom. The van der Waals surface area contributed by atoms with E-state index in [9.17, 15) is 9.90 Å². The summed E-state index contributed by atoms with van der Waals surface area (Å²) in [6.45, 7) is 9.64. The quantitative estimate of drug-likeness (QED) is 0.0870. The molecule has 40 heavy (non-hydrogen) atoms. The molecule has 0 bridgehead atoms. The standard InChI is InChI=1S/C32H44Br2O6/c1-20(2)10-12-22-24(38-16-8-6-14-33)18-26-29(30(22)35)31(36)28-23(13-11-21(3)4)32(37-5)27(19-25(28)40-26)39-17-9-7-15-34/h18-21,35H,6-17H2,1-5H3. The van der Waals surface area contributed by atoms with Crippen molar-refractivity contribution in [1.82, 2.24) is 0 Å². The zero-order valence-corrected chi connectivity index (χ0v) is 27.7. The van der Waals surface area contributed by atoms with Gasteiger partial charge in [-0.1, -0.05) is 59.6 Å². The van der Waals surface area contributed by atoms with Crippen LogP contribution in [-0.2, 0) is 12.8 Å². The fraction of sp³-hybridized carbons (Fsp3) is 0.594. The Morgan fingerprint density at radius 2 is 1.32 bits per heavy atom. The SMILES string of the molecule is COc1c(OCCCCBr)cc2oc3cc(OCCCCBr)c(CCC(C)C)c(O)c3c(=O)c2c1CCC(C)C. The Balaban J connectivity index is 2.26. The van der Waals surface area contributed by atoms with E-state index in [1.54, 1.807) is 19.2 Å². The summed E-state index contributed by atoms with van der Waals surface area (Å²) in [5.41, 5.74) is 1.90. The molecule has 3 aromatic rings. The van der Waals surface area contributed by atoms with E-state index in [1.807, 2.05) is 0 Å². The largest absolute Gasteiger partial charge is 0.507 e. The lowest BCUT2D eigenvalue weighted by Gasteiger charge is -2.19. The molecule has 1 N–H and O–H groups in total. The van der Waals surface area contributed by atoms with Gasteiger partial charge in [0.05, 0.1) is 25.7 Å². The zero-order chi connectivity index (χ0) is 29.2. The van der Waals surface area contributed by atoms with E-state index in [0.29, 0.717) is 77.3 Å². The molecule has 6 nitrogen and oxygen atoms in total. The normalized spacial score (nSPS) is 11.7. The number of aryl methyl sites for hydroxylation is 1. The number of methoxy groups -OCH3 is 1. The third-order valence-electron chi connectivity index (χ3n) is 7.03. The topological polar surface area (TPSA) is 78.1 Å². The Hall–Kier alpha value is -1.93. The summed E-state index contributed by atoms with van der Waals surface area (Å²) >= 11 is 6.93. The van der Waals surface area contributed by atoms with Crippen molar-refractivity contribution in [1.29, 1.82) is 0 Å². The van der Waals surface area contributed by atoms with Gasteiger partial charge in [0.15, 0.2) is 11.5 Å². The molecular formula is C32H44Br2O6. The monoisotopic (exact) mass is 682 g/mol. The first kappa shape index (κ1) is 32.6. The molecule has 0 aliphatic heterocycles. The first-order chi connectivity index (χ1) is 19.2. The van der Waals surface area contributed by atoms with E-state index in [1.165, 1.54) is 0 Å². The van der Waals surface area contributed by atoms with E-state index in [-0.39, 0.29) is 16.6 Å². The highest BCUT2D eigenvalue weighted by Gasteiger charge is 2.25. The highest BCUT2D eigenvalue weighted by atomic mass is 79.9. The maximum atomic E-state index is 14.2. The maximum Gasteiger partial charge on any atom is 0.204 e. The third-order valence-corrected chi connectivity index (χ3v) is 8.15. The molecule has 8 heteroatoms. The second-order valence-corrected chi connectivity index (χ2v) is 12.7. The van der Waals surface area contributed by atoms with Gasteiger partial charge >= 0.3 is 0 Å². The molecule has 0 unspecified atom stereocenters. The molecule has 0 atom stereocenters. The highest BCUT2D eigenvalue weighted by Crippen LogP contribution is 2.42. The molecule has 0 radical (unpaired) electrons. The average Bonchev–Trinajstić information content (AvgIpc) is 2.91. The predicted octanol–water partition coefficient (Wildman–Crippen LogP) is 8.95. The van der Waals surface area contributed by atoms with Gasteiger partial charge in [0.25, 0.3) is 0 Å². The number of alkyl halides is 2. The van der Waals surface area contributed by atoms with Crippen LogP contribution in [0.2, 0.25) is 0 Å². The van der Waals surface area contributed by atoms with Crippen LogP contribution < -0.4 is 19.6 Å². The molecule has 3 rings (SSSR count). The molecule has 0 saturated heterocycles. The number of phenols is 1. The van der Waals surface area contributed by atoms with E-state index < -0.39 is 0 Å². The first-order valence-electron chi connectivity index (χ1n) is 14.5. The fourth-order valence-electron chi connectivity index (χ4n) is 4.77. The number of ether oxygens (including phenoxy) is 3. The number of halogens is 2. The van der Waals surface area contributed by atoms with Gasteiger partial charge in [-0.25, -0.2) is 0 Å². The third kappa shape index (κ3) is 8.09. The molecule has 1 heterocycles. The summed E-state index contributed by atoms with van der Waals surface area (Å²) in [6, 6.07) is 3.52. The zero-order valence-electron chi connectivity index (χ0n) is 24.5. The lowest BCUT2D eigenvalue weighted by molar-refractivity contribution is 0.287. The molecule has 0 saturated carbocycles. The molecule has 0 fully saturated rings. The van der Waals surface area contributed by atoms with Gasteiger partial charge in [-0.2, -0.15) is 0 Å². The van der Waals surface area contributed by atoms with Crippen LogP contribution in [0.3, 0.4) is 0 Å². The molecular weight excluding hydrogens is 640 g/mol. The minimum Gasteiger partial charge on any atom is -0.507 e. The molecule has 0 amide bonds. The van der Waals surface area contributed by atoms with Crippen molar-refractivity contribution in [2.45, 2.75) is 79.1 Å². The van der Waals surface area contributed by atoms with Crippen molar-refractivity contribution in [3.05, 3.63) is 33.5 Å². The van der Waals surface area contributed by atoms with Gasteiger partial charge in [-0.3, -0.25) is 4.79 Å². The minimum atomic E-state index is -0.256. The molecule has 0 aliphatic carbocycles. The summed E-state index contributed by atoms with van der Waals surface area (Å²) in [7, 11) is 1.61. The van der Waals surface area contributed by atoms with Crippen molar-refractivity contribution in [3.63, 3.8) is 0 Å². The maximum absolute atomic E-state index is 14.2. The van der Waals surface area contributed by atoms with Crippen molar-refractivity contribution >= 4 is 53.8 Å². The van der Waals surface area contributed by atoms with E-state index in [0.717, 1.165) is 54.7 Å². The number of phenolic OH excluding ortho intramolecular Hbond substituents is 1. The van der Waals surface area contributed by atoms with Crippen LogP contribution in [0, 0.1) is 11.8 Å². The lowest BCUT2D eigenvalue weighted by atomic mass is 9.95. The van der Waals surface area contributed by atoms with Gasteiger partial charge in [0.1, 0.15) is 28.1 Å². The molecule has 0 aliphatic rings. The van der Waals surface area contributed by atoms with Crippen molar-refractivity contribution in [2.24, 2.45) is 11.8 Å². The van der Waals surface area contributed by atoms with Crippen molar-refractivity contribution in [3.8, 4) is 23.0 Å². The fourth-order valence-corrected chi connectivity index (χ4v) is 5.56. The summed E-state index contributed by atoms with van der Waals surface area (Å²) in [5.74, 6) is 2.51. The van der Waals surface area contributed by atoms with Crippen LogP contribution in [0.4, 0.5) is 0 Å². The van der Waals surface area contributed by atoms with Crippen LogP contribution in [0.5, 0.6) is 23.0 Å². The molecule has 1 aromatic heterocycles. The summed E-state index contributed by atoms with van der Waals surface area (Å²) < 4.78 is 24.5. The molecule has 222 valence electrons. The van der Waals surface area contributed by atoms with Crippen LogP contribution in [0.1, 0.15) is 77.3 Å².